The summed E-state index contributed by atoms with van der Waals surface area (Å²) in [4.78, 5) is 31.3. The molecule has 0 aromatic heterocycles. The minimum absolute atomic E-state index is 0.0206. The molecule has 2 aliphatic rings. The maximum absolute atomic E-state index is 13.7. The Morgan fingerprint density at radius 2 is 1.68 bits per heavy atom. The van der Waals surface area contributed by atoms with Crippen molar-refractivity contribution in [2.75, 3.05) is 27.4 Å². The maximum atomic E-state index is 13.7. The molecule has 0 amide bonds. The fourth-order valence-electron chi connectivity index (χ4n) is 4.82. The molecule has 0 saturated heterocycles. The van der Waals surface area contributed by atoms with Crippen LogP contribution in [0, 0.1) is 11.7 Å². The van der Waals surface area contributed by atoms with Gasteiger partial charge in [-0.15, -0.1) is 0 Å². The summed E-state index contributed by atoms with van der Waals surface area (Å²) < 4.78 is 29.3. The Morgan fingerprint density at radius 3 is 2.32 bits per heavy atom. The van der Waals surface area contributed by atoms with Crippen LogP contribution < -0.4 is 4.74 Å². The standard InChI is InChI=1S/C27H28FNO5/c1-16-24(27(31)34-13-12-32-2)25(18-4-8-20(28)9-5-18)26-22(29-16)14-19(15-23(26)30)17-6-10-21(33-3)11-7-17/h4-11,19,24-25H,12-15H2,1-3H3/t19-,24?,25+/m0/s1. The van der Waals surface area contributed by atoms with Crippen LogP contribution in [0.1, 0.15) is 42.7 Å². The molecule has 3 atom stereocenters. The van der Waals surface area contributed by atoms with Crippen molar-refractivity contribution in [3.05, 3.63) is 76.7 Å². The van der Waals surface area contributed by atoms with Crippen molar-refractivity contribution in [2.45, 2.75) is 31.6 Å². The zero-order chi connectivity index (χ0) is 24.2. The number of benzene rings is 2. The van der Waals surface area contributed by atoms with Crippen molar-refractivity contribution in [2.24, 2.45) is 10.9 Å². The highest BCUT2D eigenvalue weighted by Crippen LogP contribution is 2.47. The second-order valence-corrected chi connectivity index (χ2v) is 8.58. The van der Waals surface area contributed by atoms with Crippen LogP contribution in [0.4, 0.5) is 4.39 Å². The molecule has 1 aliphatic carbocycles. The average Bonchev–Trinajstić information content (AvgIpc) is 2.83. The lowest BCUT2D eigenvalue weighted by Gasteiger charge is -2.36. The van der Waals surface area contributed by atoms with Crippen LogP contribution in [-0.4, -0.2) is 44.9 Å². The van der Waals surface area contributed by atoms with E-state index >= 15 is 0 Å². The van der Waals surface area contributed by atoms with E-state index < -0.39 is 17.8 Å². The first-order chi connectivity index (χ1) is 16.4. The van der Waals surface area contributed by atoms with Crippen LogP contribution in [0.25, 0.3) is 0 Å². The second-order valence-electron chi connectivity index (χ2n) is 8.58. The predicted molar refractivity (Wildman–Crippen MR) is 126 cm³/mol. The summed E-state index contributed by atoms with van der Waals surface area (Å²) in [5.74, 6) is -1.51. The number of rotatable bonds is 7. The molecule has 2 aromatic carbocycles. The predicted octanol–water partition coefficient (Wildman–Crippen LogP) is 4.60. The lowest BCUT2D eigenvalue weighted by Crippen LogP contribution is -2.38. The highest BCUT2D eigenvalue weighted by atomic mass is 19.1. The van der Waals surface area contributed by atoms with Crippen molar-refractivity contribution >= 4 is 17.5 Å². The zero-order valence-corrected chi connectivity index (χ0v) is 19.5. The van der Waals surface area contributed by atoms with E-state index in [4.69, 9.17) is 19.2 Å². The Labute approximate surface area is 198 Å². The lowest BCUT2D eigenvalue weighted by atomic mass is 9.69. The zero-order valence-electron chi connectivity index (χ0n) is 19.5. The number of halogens is 1. The molecule has 1 unspecified atom stereocenters. The number of ether oxygens (including phenoxy) is 3. The van der Waals surface area contributed by atoms with Crippen LogP contribution in [0.3, 0.4) is 0 Å². The molecule has 0 bridgehead atoms. The SMILES string of the molecule is COCCOC(=O)C1C(C)=NC2=C(C(=O)C[C@@H](c3ccc(OC)cc3)C2)[C@@H]1c1ccc(F)cc1. The summed E-state index contributed by atoms with van der Waals surface area (Å²) >= 11 is 0. The average molecular weight is 466 g/mol. The number of hydrogen-bond acceptors (Lipinski definition) is 6. The number of methoxy groups -OCH3 is 2. The third kappa shape index (κ3) is 4.80. The highest BCUT2D eigenvalue weighted by Gasteiger charge is 2.44. The van der Waals surface area contributed by atoms with Gasteiger partial charge in [-0.05, 0) is 54.7 Å². The van der Waals surface area contributed by atoms with Gasteiger partial charge in [-0.2, -0.15) is 0 Å². The Balaban J connectivity index is 1.72. The van der Waals surface area contributed by atoms with Crippen molar-refractivity contribution < 1.29 is 28.2 Å². The molecule has 178 valence electrons. The van der Waals surface area contributed by atoms with Gasteiger partial charge >= 0.3 is 5.97 Å². The van der Waals surface area contributed by atoms with Gasteiger partial charge in [0.25, 0.3) is 0 Å². The van der Waals surface area contributed by atoms with Crippen LogP contribution in [0.15, 0.2) is 64.8 Å². The topological polar surface area (TPSA) is 74.2 Å². The third-order valence-electron chi connectivity index (χ3n) is 6.49. The van der Waals surface area contributed by atoms with E-state index in [9.17, 15) is 14.0 Å². The quantitative estimate of drug-likeness (QED) is 0.441. The van der Waals surface area contributed by atoms with Crippen molar-refractivity contribution in [1.82, 2.24) is 0 Å². The van der Waals surface area contributed by atoms with Crippen LogP contribution in [-0.2, 0) is 19.1 Å². The number of aliphatic imine (C=N–C) groups is 1. The smallest absolute Gasteiger partial charge is 0.315 e. The Kier molecular flexibility index (Phi) is 7.22. The van der Waals surface area contributed by atoms with Gasteiger partial charge in [0.2, 0.25) is 0 Å². The first-order valence-corrected chi connectivity index (χ1v) is 11.3. The second kappa shape index (κ2) is 10.3. The summed E-state index contributed by atoms with van der Waals surface area (Å²) in [6, 6.07) is 13.6. The molecule has 34 heavy (non-hydrogen) atoms. The molecule has 7 heteroatoms. The molecule has 0 spiro atoms. The van der Waals surface area contributed by atoms with Gasteiger partial charge in [-0.1, -0.05) is 24.3 Å². The molecule has 4 rings (SSSR count). The summed E-state index contributed by atoms with van der Waals surface area (Å²) in [6.45, 7) is 2.16. The normalized spacial score (nSPS) is 22.2. The monoisotopic (exact) mass is 465 g/mol. The van der Waals surface area contributed by atoms with Gasteiger partial charge in [0.05, 0.1) is 13.7 Å². The van der Waals surface area contributed by atoms with Crippen LogP contribution in [0.2, 0.25) is 0 Å². The fraction of sp³-hybridized carbons (Fsp3) is 0.370. The van der Waals surface area contributed by atoms with Crippen molar-refractivity contribution in [3.63, 3.8) is 0 Å². The molecule has 0 radical (unpaired) electrons. The number of Topliss-reactive ketones (excluding diaryl/α,β-unsaturated/α-hetero) is 1. The number of carbonyl (C=O) groups is 2. The highest BCUT2D eigenvalue weighted by molar-refractivity contribution is 6.09. The number of ketones is 1. The first-order valence-electron chi connectivity index (χ1n) is 11.3. The molecule has 0 saturated carbocycles. The largest absolute Gasteiger partial charge is 0.497 e. The number of nitrogens with zero attached hydrogens (tertiary/aromatic N) is 1. The molecule has 1 heterocycles. The Hall–Kier alpha value is -3.32. The molecule has 0 N–H and O–H groups in total. The molecule has 6 nitrogen and oxygen atoms in total. The van der Waals surface area contributed by atoms with E-state index in [-0.39, 0.29) is 30.7 Å². The van der Waals surface area contributed by atoms with E-state index in [1.165, 1.54) is 19.2 Å². The van der Waals surface area contributed by atoms with E-state index in [1.807, 2.05) is 24.3 Å². The van der Waals surface area contributed by atoms with Gasteiger partial charge in [0, 0.05) is 36.4 Å². The summed E-state index contributed by atoms with van der Waals surface area (Å²) in [7, 11) is 3.14. The first kappa shape index (κ1) is 23.8. The minimum atomic E-state index is -0.762. The third-order valence-corrected chi connectivity index (χ3v) is 6.49. The molecular weight excluding hydrogens is 437 g/mol. The molecule has 1 aliphatic heterocycles. The van der Waals surface area contributed by atoms with E-state index in [0.717, 1.165) is 11.3 Å². The van der Waals surface area contributed by atoms with Crippen LogP contribution in [0.5, 0.6) is 5.75 Å². The van der Waals surface area contributed by atoms with Gasteiger partial charge < -0.3 is 14.2 Å². The summed E-state index contributed by atoms with van der Waals surface area (Å²) in [5, 5.41) is 0. The fourth-order valence-corrected chi connectivity index (χ4v) is 4.82. The number of hydrogen-bond donors (Lipinski definition) is 0. The lowest BCUT2D eigenvalue weighted by molar-refractivity contribution is -0.147. The van der Waals surface area contributed by atoms with Gasteiger partial charge in [-0.3, -0.25) is 14.6 Å². The van der Waals surface area contributed by atoms with Gasteiger partial charge in [-0.25, -0.2) is 4.39 Å². The number of esters is 1. The Morgan fingerprint density at radius 1 is 1.00 bits per heavy atom. The molecular formula is C27H28FNO5. The number of allylic oxidation sites excluding steroid dienone is 2. The molecule has 0 fully saturated rings. The van der Waals surface area contributed by atoms with E-state index in [2.05, 4.69) is 0 Å². The van der Waals surface area contributed by atoms with Crippen LogP contribution >= 0.6 is 0 Å². The van der Waals surface area contributed by atoms with Gasteiger partial charge in [0.15, 0.2) is 5.78 Å². The summed E-state index contributed by atoms with van der Waals surface area (Å²) in [5.41, 5.74) is 3.51. The van der Waals surface area contributed by atoms with E-state index in [0.29, 0.717) is 35.4 Å². The minimum Gasteiger partial charge on any atom is -0.497 e. The van der Waals surface area contributed by atoms with Gasteiger partial charge in [0.1, 0.15) is 24.1 Å². The van der Waals surface area contributed by atoms with Crippen molar-refractivity contribution in [3.8, 4) is 5.75 Å². The number of carbonyl (C=O) groups excluding carboxylic acids is 2. The maximum Gasteiger partial charge on any atom is 0.315 e. The molecule has 2 aromatic rings. The van der Waals surface area contributed by atoms with E-state index in [1.54, 1.807) is 26.2 Å². The van der Waals surface area contributed by atoms with Crippen molar-refractivity contribution in [1.29, 1.82) is 0 Å². The summed E-state index contributed by atoms with van der Waals surface area (Å²) in [6.07, 6.45) is 0.886. The Bertz CT molecular complexity index is 1120.